The van der Waals surface area contributed by atoms with Crippen molar-refractivity contribution < 1.29 is 19.4 Å². The number of H-pyrrole nitrogens is 1. The van der Waals surface area contributed by atoms with Crippen molar-refractivity contribution in [3.63, 3.8) is 0 Å². The van der Waals surface area contributed by atoms with Crippen molar-refractivity contribution in [2.75, 3.05) is 0 Å². The van der Waals surface area contributed by atoms with E-state index < -0.39 is 23.8 Å². The minimum atomic E-state index is -0.893. The number of rotatable bonds is 11. The van der Waals surface area contributed by atoms with Crippen LogP contribution in [0.25, 0.3) is 0 Å². The van der Waals surface area contributed by atoms with E-state index in [1.54, 1.807) is 27.0 Å². The Balaban J connectivity index is 0.00000260. The van der Waals surface area contributed by atoms with Gasteiger partial charge in [0.2, 0.25) is 0 Å². The van der Waals surface area contributed by atoms with Crippen molar-refractivity contribution >= 4 is 11.9 Å². The highest BCUT2D eigenvalue weighted by Gasteiger charge is 2.29. The Morgan fingerprint density at radius 2 is 1.49 bits per heavy atom. The summed E-state index contributed by atoms with van der Waals surface area (Å²) in [6.45, 7) is 13.1. The molecule has 0 unspecified atom stereocenters. The number of nitrogens with zero attached hydrogens (tertiary/aromatic N) is 1. The van der Waals surface area contributed by atoms with Gasteiger partial charge in [0.05, 0.1) is 18.3 Å². The number of aromatic amines is 1. The number of Topliss-reactive ketones (excluding diaryl/α,β-unsaturated/α-hetero) is 1. The smallest absolute Gasteiger partial charge is 0.407 e. The average molecular weight is 536 g/mol. The number of carbonyl (C=O) groups excluding carboxylic acids is 2. The molecule has 3 rings (SSSR count). The van der Waals surface area contributed by atoms with Gasteiger partial charge in [0.1, 0.15) is 17.1 Å². The largest absolute Gasteiger partial charge is 0.444 e. The quantitative estimate of drug-likeness (QED) is 0.244. The van der Waals surface area contributed by atoms with Crippen molar-refractivity contribution in [3.8, 4) is 0 Å². The zero-order chi connectivity index (χ0) is 29.0. The molecule has 0 aliphatic rings. The maximum absolute atomic E-state index is 12.7. The first kappa shape index (κ1) is 31.8. The topological polar surface area (TPSA) is 104 Å². The number of carbonyl (C=O) groups is 2. The molecule has 1 heterocycles. The second-order valence-electron chi connectivity index (χ2n) is 10.8. The molecule has 3 aromatic rings. The number of nitrogens with one attached hydrogen (secondary N) is 2. The van der Waals surface area contributed by atoms with Crippen LogP contribution in [0.3, 0.4) is 0 Å². The van der Waals surface area contributed by atoms with Crippen LogP contribution < -0.4 is 5.32 Å². The number of aliphatic hydroxyl groups is 1. The van der Waals surface area contributed by atoms with E-state index in [-0.39, 0.29) is 17.6 Å². The first-order chi connectivity index (χ1) is 18.5. The van der Waals surface area contributed by atoms with E-state index in [0.717, 1.165) is 11.1 Å². The van der Waals surface area contributed by atoms with Crippen LogP contribution in [0, 0.1) is 5.92 Å². The second kappa shape index (κ2) is 15.2. The molecule has 39 heavy (non-hydrogen) atoms. The number of imidazole rings is 1. The van der Waals surface area contributed by atoms with Crippen LogP contribution in [0.4, 0.5) is 4.79 Å². The van der Waals surface area contributed by atoms with Gasteiger partial charge in [-0.1, -0.05) is 88.4 Å². The van der Waals surface area contributed by atoms with Gasteiger partial charge in [0.25, 0.3) is 0 Å². The van der Waals surface area contributed by atoms with Crippen LogP contribution in [-0.2, 0) is 17.6 Å². The number of aliphatic hydroxyl groups excluding tert-OH is 1. The van der Waals surface area contributed by atoms with E-state index in [2.05, 4.69) is 15.3 Å². The standard InChI is InChI=1S/C30H39N3O4.C2H6/c1-20(2)27(35)25-19-31-28(32-25)23(16-21-12-8-6-9-13-21)18-26(34)24(17-22-14-10-7-11-15-22)33-29(36)37-30(3,4)5;1-2/h6-15,19-20,23-24,26,34H,16-18H2,1-5H3,(H,31,32)(H,33,36);1-2H3/t23-,24+,26+;/m1./s1. The molecule has 0 bridgehead atoms. The highest BCUT2D eigenvalue weighted by molar-refractivity contribution is 5.95. The summed E-state index contributed by atoms with van der Waals surface area (Å²) in [5, 5.41) is 14.3. The van der Waals surface area contributed by atoms with Gasteiger partial charge in [0.15, 0.2) is 5.78 Å². The van der Waals surface area contributed by atoms with Crippen molar-refractivity contribution in [1.29, 1.82) is 0 Å². The number of alkyl carbamates (subject to hydrolysis) is 1. The van der Waals surface area contributed by atoms with Gasteiger partial charge >= 0.3 is 6.09 Å². The van der Waals surface area contributed by atoms with Gasteiger partial charge < -0.3 is 20.1 Å². The van der Waals surface area contributed by atoms with Crippen LogP contribution in [0.5, 0.6) is 0 Å². The summed E-state index contributed by atoms with van der Waals surface area (Å²) in [5.74, 6) is 0.276. The molecule has 7 nitrogen and oxygen atoms in total. The van der Waals surface area contributed by atoms with Crippen molar-refractivity contribution in [3.05, 3.63) is 89.5 Å². The molecule has 1 aromatic heterocycles. The number of ether oxygens (including phenoxy) is 1. The SMILES string of the molecule is CC.CC(C)C(=O)c1cnc([C@H](Cc2ccccc2)C[C@H](O)[C@H](Cc2ccccc2)NC(=O)OC(C)(C)C)[nH]1. The van der Waals surface area contributed by atoms with Crippen molar-refractivity contribution in [1.82, 2.24) is 15.3 Å². The Kier molecular flexibility index (Phi) is 12.4. The van der Waals surface area contributed by atoms with E-state index in [1.165, 1.54) is 0 Å². The van der Waals surface area contributed by atoms with Gasteiger partial charge in [-0.05, 0) is 51.2 Å². The summed E-state index contributed by atoms with van der Waals surface area (Å²) in [5.41, 5.74) is 1.89. The predicted octanol–water partition coefficient (Wildman–Crippen LogP) is 6.49. The summed E-state index contributed by atoms with van der Waals surface area (Å²) < 4.78 is 5.48. The zero-order valence-corrected chi connectivity index (χ0v) is 24.4. The summed E-state index contributed by atoms with van der Waals surface area (Å²) >= 11 is 0. The fourth-order valence-electron chi connectivity index (χ4n) is 4.24. The van der Waals surface area contributed by atoms with Gasteiger partial charge in [-0.25, -0.2) is 9.78 Å². The Bertz CT molecular complexity index is 1140. The minimum absolute atomic E-state index is 0.00805. The van der Waals surface area contributed by atoms with E-state index in [4.69, 9.17) is 4.74 Å². The number of aromatic nitrogens is 2. The summed E-state index contributed by atoms with van der Waals surface area (Å²) in [7, 11) is 0. The Labute approximate surface area is 233 Å². The maximum atomic E-state index is 12.7. The van der Waals surface area contributed by atoms with E-state index in [0.29, 0.717) is 30.8 Å². The van der Waals surface area contributed by atoms with Crippen LogP contribution in [0.2, 0.25) is 0 Å². The molecule has 2 aromatic carbocycles. The van der Waals surface area contributed by atoms with E-state index >= 15 is 0 Å². The number of benzene rings is 2. The molecular formula is C32H45N3O4. The predicted molar refractivity (Wildman–Crippen MR) is 156 cm³/mol. The Hall–Kier alpha value is -3.45. The Morgan fingerprint density at radius 3 is 2.00 bits per heavy atom. The average Bonchev–Trinajstić information content (AvgIpc) is 3.39. The highest BCUT2D eigenvalue weighted by Crippen LogP contribution is 2.26. The third-order valence-electron chi connectivity index (χ3n) is 6.09. The number of hydrogen-bond acceptors (Lipinski definition) is 5. The molecule has 7 heteroatoms. The van der Waals surface area contributed by atoms with Gasteiger partial charge in [-0.2, -0.15) is 0 Å². The van der Waals surface area contributed by atoms with Crippen LogP contribution in [0.1, 0.15) is 88.2 Å². The molecule has 3 atom stereocenters. The summed E-state index contributed by atoms with van der Waals surface area (Å²) in [4.78, 5) is 32.9. The van der Waals surface area contributed by atoms with Gasteiger partial charge in [-0.15, -0.1) is 0 Å². The maximum Gasteiger partial charge on any atom is 0.407 e. The molecule has 1 amide bonds. The molecule has 212 valence electrons. The fourth-order valence-corrected chi connectivity index (χ4v) is 4.24. The summed E-state index contributed by atoms with van der Waals surface area (Å²) in [6.07, 6.45) is 1.48. The molecule has 0 saturated carbocycles. The van der Waals surface area contributed by atoms with E-state index in [1.807, 2.05) is 88.4 Å². The molecule has 0 radical (unpaired) electrons. The first-order valence-corrected chi connectivity index (χ1v) is 13.9. The zero-order valence-electron chi connectivity index (χ0n) is 24.4. The van der Waals surface area contributed by atoms with Crippen LogP contribution in [-0.4, -0.2) is 44.7 Å². The van der Waals surface area contributed by atoms with Gasteiger partial charge in [-0.3, -0.25) is 4.79 Å². The molecule has 0 aliphatic carbocycles. The monoisotopic (exact) mass is 535 g/mol. The van der Waals surface area contributed by atoms with E-state index in [9.17, 15) is 14.7 Å². The molecule has 0 spiro atoms. The lowest BCUT2D eigenvalue weighted by Crippen LogP contribution is -2.47. The van der Waals surface area contributed by atoms with Crippen molar-refractivity contribution in [2.24, 2.45) is 5.92 Å². The lowest BCUT2D eigenvalue weighted by molar-refractivity contribution is 0.0404. The third kappa shape index (κ3) is 10.7. The molecule has 3 N–H and O–H groups in total. The van der Waals surface area contributed by atoms with Crippen LogP contribution in [0.15, 0.2) is 66.9 Å². The second-order valence-corrected chi connectivity index (χ2v) is 10.8. The number of hydrogen-bond donors (Lipinski definition) is 3. The number of amides is 1. The Morgan fingerprint density at radius 1 is 0.949 bits per heavy atom. The van der Waals surface area contributed by atoms with Gasteiger partial charge in [0, 0.05) is 11.8 Å². The fraction of sp³-hybridized carbons (Fsp3) is 0.469. The van der Waals surface area contributed by atoms with Crippen molar-refractivity contribution in [2.45, 2.75) is 91.4 Å². The molecule has 0 saturated heterocycles. The lowest BCUT2D eigenvalue weighted by Gasteiger charge is -2.29. The first-order valence-electron chi connectivity index (χ1n) is 13.9. The summed E-state index contributed by atoms with van der Waals surface area (Å²) in [6, 6.07) is 19.1. The molecular weight excluding hydrogens is 490 g/mol. The third-order valence-corrected chi connectivity index (χ3v) is 6.09. The lowest BCUT2D eigenvalue weighted by atomic mass is 9.89. The highest BCUT2D eigenvalue weighted by atomic mass is 16.6. The molecule has 0 fully saturated rings. The van der Waals surface area contributed by atoms with Crippen LogP contribution >= 0.6 is 0 Å². The normalized spacial score (nSPS) is 13.6. The minimum Gasteiger partial charge on any atom is -0.444 e. The molecule has 0 aliphatic heterocycles. The number of ketones is 1.